The van der Waals surface area contributed by atoms with E-state index < -0.39 is 0 Å². The largest absolute Gasteiger partial charge is 0.384 e. The molecule has 3 nitrogen and oxygen atoms in total. The highest BCUT2D eigenvalue weighted by Gasteiger charge is 2.00. The van der Waals surface area contributed by atoms with E-state index >= 15 is 0 Å². The highest BCUT2D eigenvalue weighted by atomic mass is 14.9. The number of hydrogen-bond donors (Lipinski definition) is 2. The van der Waals surface area contributed by atoms with Crippen LogP contribution in [0.15, 0.2) is 12.4 Å². The molecule has 0 atom stereocenters. The Kier molecular flexibility index (Phi) is 3.71. The molecule has 72 valence electrons. The number of aromatic nitrogens is 1. The average molecular weight is 179 g/mol. The Morgan fingerprint density at radius 3 is 2.46 bits per heavy atom. The molecule has 0 aliphatic carbocycles. The van der Waals surface area contributed by atoms with Gasteiger partial charge in [-0.3, -0.25) is 4.98 Å². The predicted molar refractivity (Wildman–Crippen MR) is 55.9 cm³/mol. The molecule has 13 heavy (non-hydrogen) atoms. The number of nitrogens with zero attached hydrogens (tertiary/aromatic N) is 1. The smallest absolute Gasteiger partial charge is 0.0430 e. The maximum absolute atomic E-state index is 5.42. The third kappa shape index (κ3) is 2.70. The summed E-state index contributed by atoms with van der Waals surface area (Å²) in [6.07, 6.45) is 4.75. The summed E-state index contributed by atoms with van der Waals surface area (Å²) < 4.78 is 0. The van der Waals surface area contributed by atoms with Gasteiger partial charge in [-0.2, -0.15) is 0 Å². The van der Waals surface area contributed by atoms with E-state index in [-0.39, 0.29) is 0 Å². The van der Waals surface area contributed by atoms with Gasteiger partial charge in [0.25, 0.3) is 0 Å². The molecular weight excluding hydrogens is 162 g/mol. The second kappa shape index (κ2) is 4.82. The minimum absolute atomic E-state index is 0.732. The Bertz CT molecular complexity index is 251. The van der Waals surface area contributed by atoms with E-state index in [4.69, 9.17) is 5.73 Å². The molecule has 0 spiro atoms. The molecular formula is C10H17N3. The second-order valence-corrected chi connectivity index (χ2v) is 3.22. The van der Waals surface area contributed by atoms with Gasteiger partial charge < -0.3 is 11.1 Å². The van der Waals surface area contributed by atoms with Crippen LogP contribution in [0.2, 0.25) is 0 Å². The number of hydrogen-bond acceptors (Lipinski definition) is 3. The maximum Gasteiger partial charge on any atom is 0.0430 e. The van der Waals surface area contributed by atoms with Crippen molar-refractivity contribution in [1.82, 2.24) is 4.98 Å². The van der Waals surface area contributed by atoms with Crippen LogP contribution in [0, 0.1) is 13.8 Å². The molecule has 0 aliphatic heterocycles. The molecule has 0 aliphatic rings. The molecule has 0 aromatic carbocycles. The minimum Gasteiger partial charge on any atom is -0.384 e. The number of aryl methyl sites for hydroxylation is 2. The highest BCUT2D eigenvalue weighted by Crippen LogP contribution is 2.17. The first-order chi connectivity index (χ1) is 6.25. The maximum atomic E-state index is 5.42. The van der Waals surface area contributed by atoms with Gasteiger partial charge in [0.15, 0.2) is 0 Å². The number of nitrogens with two attached hydrogens (primary N) is 1. The van der Waals surface area contributed by atoms with Crippen LogP contribution in [-0.2, 0) is 0 Å². The number of pyridine rings is 1. The van der Waals surface area contributed by atoms with Gasteiger partial charge in [-0.1, -0.05) is 0 Å². The van der Waals surface area contributed by atoms with Crippen molar-refractivity contribution in [1.29, 1.82) is 0 Å². The first-order valence-electron chi connectivity index (χ1n) is 4.61. The van der Waals surface area contributed by atoms with E-state index in [1.165, 1.54) is 16.8 Å². The van der Waals surface area contributed by atoms with Crippen molar-refractivity contribution in [3.05, 3.63) is 23.5 Å². The second-order valence-electron chi connectivity index (χ2n) is 3.22. The Balaban J connectivity index is 2.64. The Morgan fingerprint density at radius 1 is 1.31 bits per heavy atom. The molecule has 0 amide bonds. The quantitative estimate of drug-likeness (QED) is 0.688. The van der Waals surface area contributed by atoms with Crippen molar-refractivity contribution in [2.24, 2.45) is 5.73 Å². The lowest BCUT2D eigenvalue weighted by atomic mass is 10.2. The molecule has 3 N–H and O–H groups in total. The molecule has 0 fully saturated rings. The molecule has 3 heteroatoms. The van der Waals surface area contributed by atoms with Crippen LogP contribution in [0.25, 0.3) is 0 Å². The standard InChI is InChI=1S/C10H17N3/c1-8-6-12-7-9(2)10(8)13-5-3-4-11/h6-7H,3-5,11H2,1-2H3,(H,12,13). The number of anilines is 1. The first-order valence-corrected chi connectivity index (χ1v) is 4.61. The molecule has 0 radical (unpaired) electrons. The van der Waals surface area contributed by atoms with E-state index in [1.807, 2.05) is 12.4 Å². The summed E-state index contributed by atoms with van der Waals surface area (Å²) in [6.45, 7) is 5.79. The van der Waals surface area contributed by atoms with Crippen molar-refractivity contribution in [3.63, 3.8) is 0 Å². The van der Waals surface area contributed by atoms with E-state index in [0.29, 0.717) is 0 Å². The molecule has 0 unspecified atom stereocenters. The topological polar surface area (TPSA) is 50.9 Å². The lowest BCUT2D eigenvalue weighted by Crippen LogP contribution is -2.10. The molecule has 0 saturated heterocycles. The summed E-state index contributed by atoms with van der Waals surface area (Å²) >= 11 is 0. The third-order valence-corrected chi connectivity index (χ3v) is 2.01. The first kappa shape index (κ1) is 9.99. The van der Waals surface area contributed by atoms with Gasteiger partial charge in [0.05, 0.1) is 0 Å². The van der Waals surface area contributed by atoms with Crippen LogP contribution in [0.4, 0.5) is 5.69 Å². The lowest BCUT2D eigenvalue weighted by molar-refractivity contribution is 0.872. The molecule has 1 aromatic heterocycles. The minimum atomic E-state index is 0.732. The monoisotopic (exact) mass is 179 g/mol. The summed E-state index contributed by atoms with van der Waals surface area (Å²) in [7, 11) is 0. The summed E-state index contributed by atoms with van der Waals surface area (Å²) in [5.74, 6) is 0. The van der Waals surface area contributed by atoms with Crippen LogP contribution < -0.4 is 11.1 Å². The van der Waals surface area contributed by atoms with Crippen LogP contribution in [0.5, 0.6) is 0 Å². The van der Waals surface area contributed by atoms with E-state index in [1.54, 1.807) is 0 Å². The van der Waals surface area contributed by atoms with E-state index in [0.717, 1.165) is 19.5 Å². The molecule has 0 saturated carbocycles. The fourth-order valence-corrected chi connectivity index (χ4v) is 1.30. The van der Waals surface area contributed by atoms with Gasteiger partial charge in [0, 0.05) is 24.6 Å². The summed E-state index contributed by atoms with van der Waals surface area (Å²) in [4.78, 5) is 4.11. The summed E-state index contributed by atoms with van der Waals surface area (Å²) in [5, 5.41) is 3.36. The van der Waals surface area contributed by atoms with Crippen LogP contribution in [0.3, 0.4) is 0 Å². The Labute approximate surface area is 79.4 Å². The fourth-order valence-electron chi connectivity index (χ4n) is 1.30. The van der Waals surface area contributed by atoms with Crippen LogP contribution >= 0.6 is 0 Å². The zero-order chi connectivity index (χ0) is 9.68. The number of nitrogens with one attached hydrogen (secondary N) is 1. The van der Waals surface area contributed by atoms with E-state index in [2.05, 4.69) is 24.1 Å². The zero-order valence-corrected chi connectivity index (χ0v) is 8.30. The average Bonchev–Trinajstić information content (AvgIpc) is 2.10. The van der Waals surface area contributed by atoms with Gasteiger partial charge in [0.1, 0.15) is 0 Å². The van der Waals surface area contributed by atoms with E-state index in [9.17, 15) is 0 Å². The Hall–Kier alpha value is -1.09. The molecule has 1 rings (SSSR count). The summed E-state index contributed by atoms with van der Waals surface area (Å²) in [6, 6.07) is 0. The highest BCUT2D eigenvalue weighted by molar-refractivity contribution is 5.54. The SMILES string of the molecule is Cc1cncc(C)c1NCCCN. The van der Waals surface area contributed by atoms with Crippen molar-refractivity contribution in [2.75, 3.05) is 18.4 Å². The molecule has 1 heterocycles. The zero-order valence-electron chi connectivity index (χ0n) is 8.30. The molecule has 0 bridgehead atoms. The van der Waals surface area contributed by atoms with Crippen molar-refractivity contribution >= 4 is 5.69 Å². The molecule has 1 aromatic rings. The van der Waals surface area contributed by atoms with Crippen LogP contribution in [-0.4, -0.2) is 18.1 Å². The van der Waals surface area contributed by atoms with Gasteiger partial charge in [-0.15, -0.1) is 0 Å². The van der Waals surface area contributed by atoms with Crippen molar-refractivity contribution in [2.45, 2.75) is 20.3 Å². The van der Waals surface area contributed by atoms with Gasteiger partial charge in [0.2, 0.25) is 0 Å². The van der Waals surface area contributed by atoms with Gasteiger partial charge >= 0.3 is 0 Å². The predicted octanol–water partition coefficient (Wildman–Crippen LogP) is 1.46. The van der Waals surface area contributed by atoms with Gasteiger partial charge in [-0.25, -0.2) is 0 Å². The Morgan fingerprint density at radius 2 is 1.92 bits per heavy atom. The van der Waals surface area contributed by atoms with Crippen molar-refractivity contribution in [3.8, 4) is 0 Å². The van der Waals surface area contributed by atoms with Gasteiger partial charge in [-0.05, 0) is 37.9 Å². The number of rotatable bonds is 4. The third-order valence-electron chi connectivity index (χ3n) is 2.01. The van der Waals surface area contributed by atoms with Crippen LogP contribution in [0.1, 0.15) is 17.5 Å². The normalized spacial score (nSPS) is 10.1. The lowest BCUT2D eigenvalue weighted by Gasteiger charge is -2.10. The summed E-state index contributed by atoms with van der Waals surface area (Å²) in [5.41, 5.74) is 9.00. The van der Waals surface area contributed by atoms with Crippen molar-refractivity contribution < 1.29 is 0 Å². The fraction of sp³-hybridized carbons (Fsp3) is 0.500.